The molecule has 0 atom stereocenters. The molecule has 5 heteroatoms. The van der Waals surface area contributed by atoms with Crippen LogP contribution < -0.4 is 10.5 Å². The van der Waals surface area contributed by atoms with E-state index in [0.717, 1.165) is 17.1 Å². The van der Waals surface area contributed by atoms with Crippen LogP contribution in [0.25, 0.3) is 5.65 Å². The number of fused-ring (bicyclic) bond motifs is 1. The molecule has 0 aliphatic carbocycles. The molecular weight excluding hydrogens is 262 g/mol. The Morgan fingerprint density at radius 2 is 2.16 bits per heavy atom. The van der Waals surface area contributed by atoms with Gasteiger partial charge in [0.2, 0.25) is 0 Å². The summed E-state index contributed by atoms with van der Waals surface area (Å²) in [5.74, 6) is 0.728. The Kier molecular flexibility index (Phi) is 3.01. The molecule has 0 saturated heterocycles. The Labute approximate surface area is 115 Å². The summed E-state index contributed by atoms with van der Waals surface area (Å²) < 4.78 is 7.61. The molecule has 2 heterocycles. The van der Waals surface area contributed by atoms with Crippen molar-refractivity contribution in [3.63, 3.8) is 0 Å². The monoisotopic (exact) mass is 273 g/mol. The predicted molar refractivity (Wildman–Crippen MR) is 75.4 cm³/mol. The molecular formula is C14H12ClN3O. The van der Waals surface area contributed by atoms with E-state index in [-0.39, 0.29) is 0 Å². The molecule has 0 fully saturated rings. The van der Waals surface area contributed by atoms with Crippen molar-refractivity contribution in [3.05, 3.63) is 59.5 Å². The third kappa shape index (κ3) is 2.35. The maximum Gasteiger partial charge on any atom is 0.160 e. The Morgan fingerprint density at radius 1 is 1.26 bits per heavy atom. The van der Waals surface area contributed by atoms with Crippen molar-refractivity contribution in [3.8, 4) is 5.75 Å². The summed E-state index contributed by atoms with van der Waals surface area (Å²) in [4.78, 5) is 4.28. The first-order chi connectivity index (χ1) is 9.24. The molecule has 0 saturated carbocycles. The summed E-state index contributed by atoms with van der Waals surface area (Å²) in [5.41, 5.74) is 8.18. The van der Waals surface area contributed by atoms with Crippen molar-refractivity contribution in [2.75, 3.05) is 5.73 Å². The number of anilines is 1. The number of benzene rings is 1. The zero-order valence-electron chi connectivity index (χ0n) is 10.1. The molecule has 2 N–H and O–H groups in total. The molecule has 2 aromatic heterocycles. The first-order valence-corrected chi connectivity index (χ1v) is 6.20. The summed E-state index contributed by atoms with van der Waals surface area (Å²) in [6.45, 7) is 0.408. The molecule has 0 amide bonds. The van der Waals surface area contributed by atoms with E-state index in [9.17, 15) is 0 Å². The van der Waals surface area contributed by atoms with Gasteiger partial charge in [0, 0.05) is 11.2 Å². The number of nitrogens with zero attached hydrogens (tertiary/aromatic N) is 2. The first-order valence-electron chi connectivity index (χ1n) is 5.83. The molecule has 1 aromatic carbocycles. The van der Waals surface area contributed by atoms with E-state index in [1.807, 2.05) is 40.9 Å². The molecule has 0 spiro atoms. The lowest BCUT2D eigenvalue weighted by atomic mass is 10.3. The fraction of sp³-hybridized carbons (Fsp3) is 0.0714. The van der Waals surface area contributed by atoms with Gasteiger partial charge in [-0.1, -0.05) is 17.7 Å². The minimum atomic E-state index is 0.408. The zero-order chi connectivity index (χ0) is 13.2. The van der Waals surface area contributed by atoms with Crippen molar-refractivity contribution in [2.45, 2.75) is 6.61 Å². The number of hydrogen-bond donors (Lipinski definition) is 1. The second kappa shape index (κ2) is 4.82. The number of halogens is 1. The highest BCUT2D eigenvalue weighted by molar-refractivity contribution is 6.30. The van der Waals surface area contributed by atoms with Crippen LogP contribution in [0.3, 0.4) is 0 Å². The Morgan fingerprint density at radius 3 is 3.00 bits per heavy atom. The average molecular weight is 274 g/mol. The smallest absolute Gasteiger partial charge is 0.160 e. The van der Waals surface area contributed by atoms with Crippen molar-refractivity contribution in [2.24, 2.45) is 0 Å². The maximum atomic E-state index is 5.91. The zero-order valence-corrected chi connectivity index (χ0v) is 10.8. The van der Waals surface area contributed by atoms with Crippen LogP contribution in [0.1, 0.15) is 5.69 Å². The topological polar surface area (TPSA) is 52.5 Å². The third-order valence-electron chi connectivity index (χ3n) is 2.83. The molecule has 0 aliphatic heterocycles. The quantitative estimate of drug-likeness (QED) is 0.797. The van der Waals surface area contributed by atoms with E-state index in [1.54, 1.807) is 12.3 Å². The number of rotatable bonds is 3. The molecule has 0 unspecified atom stereocenters. The van der Waals surface area contributed by atoms with Crippen LogP contribution in [0.2, 0.25) is 5.02 Å². The number of imidazole rings is 1. The predicted octanol–water partition coefficient (Wildman–Crippen LogP) is 3.15. The van der Waals surface area contributed by atoms with E-state index in [1.165, 1.54) is 0 Å². The summed E-state index contributed by atoms with van der Waals surface area (Å²) in [5, 5.41) is 0.653. The summed E-state index contributed by atoms with van der Waals surface area (Å²) >= 11 is 5.91. The van der Waals surface area contributed by atoms with Crippen LogP contribution in [0.5, 0.6) is 5.75 Å². The Balaban J connectivity index is 1.84. The maximum absolute atomic E-state index is 5.91. The minimum absolute atomic E-state index is 0.408. The molecule has 4 nitrogen and oxygen atoms in total. The van der Waals surface area contributed by atoms with E-state index >= 15 is 0 Å². The fourth-order valence-electron chi connectivity index (χ4n) is 1.90. The molecule has 0 aliphatic rings. The van der Waals surface area contributed by atoms with E-state index in [2.05, 4.69) is 4.98 Å². The Hall–Kier alpha value is -2.20. The van der Waals surface area contributed by atoms with Gasteiger partial charge in [-0.2, -0.15) is 0 Å². The van der Waals surface area contributed by atoms with Crippen LogP contribution in [-0.4, -0.2) is 9.38 Å². The first kappa shape index (κ1) is 11.9. The molecule has 19 heavy (non-hydrogen) atoms. The minimum Gasteiger partial charge on any atom is -0.487 e. The van der Waals surface area contributed by atoms with Crippen LogP contribution in [0.4, 0.5) is 5.69 Å². The number of nitrogen functional groups attached to an aromatic ring is 1. The highest BCUT2D eigenvalue weighted by Gasteiger charge is 2.06. The summed E-state index contributed by atoms with van der Waals surface area (Å²) in [7, 11) is 0. The van der Waals surface area contributed by atoms with E-state index < -0.39 is 0 Å². The van der Waals surface area contributed by atoms with Crippen LogP contribution in [0.15, 0.2) is 48.8 Å². The van der Waals surface area contributed by atoms with Gasteiger partial charge in [-0.25, -0.2) is 4.98 Å². The van der Waals surface area contributed by atoms with Crippen LogP contribution in [0, 0.1) is 0 Å². The van der Waals surface area contributed by atoms with Crippen LogP contribution >= 0.6 is 11.6 Å². The molecule has 0 radical (unpaired) electrons. The van der Waals surface area contributed by atoms with E-state index in [4.69, 9.17) is 22.1 Å². The van der Waals surface area contributed by atoms with Crippen molar-refractivity contribution >= 4 is 22.9 Å². The highest BCUT2D eigenvalue weighted by Crippen LogP contribution is 2.19. The van der Waals surface area contributed by atoms with Gasteiger partial charge >= 0.3 is 0 Å². The lowest BCUT2D eigenvalue weighted by Gasteiger charge is -2.06. The van der Waals surface area contributed by atoms with Gasteiger partial charge in [0.1, 0.15) is 12.4 Å². The normalized spacial score (nSPS) is 10.8. The standard InChI is InChI=1S/C14H12ClN3O/c15-10-3-1-4-12(7-10)19-9-11-8-17-14-13(16)5-2-6-18(11)14/h1-8H,9,16H2. The van der Waals surface area contributed by atoms with Gasteiger partial charge in [0.15, 0.2) is 5.65 Å². The molecule has 3 rings (SSSR count). The number of hydrogen-bond acceptors (Lipinski definition) is 3. The van der Waals surface area contributed by atoms with Crippen molar-refractivity contribution in [1.29, 1.82) is 0 Å². The third-order valence-corrected chi connectivity index (χ3v) is 3.06. The number of nitrogens with two attached hydrogens (primary N) is 1. The van der Waals surface area contributed by atoms with Crippen molar-refractivity contribution < 1.29 is 4.74 Å². The highest BCUT2D eigenvalue weighted by atomic mass is 35.5. The number of pyridine rings is 1. The molecule has 3 aromatic rings. The lowest BCUT2D eigenvalue weighted by Crippen LogP contribution is -2.00. The second-order valence-electron chi connectivity index (χ2n) is 4.15. The van der Waals surface area contributed by atoms with Gasteiger partial charge in [-0.15, -0.1) is 0 Å². The number of ether oxygens (including phenoxy) is 1. The van der Waals surface area contributed by atoms with Gasteiger partial charge in [0.05, 0.1) is 17.6 Å². The summed E-state index contributed by atoms with van der Waals surface area (Å²) in [6.07, 6.45) is 3.67. The van der Waals surface area contributed by atoms with E-state index in [0.29, 0.717) is 17.3 Å². The average Bonchev–Trinajstić information content (AvgIpc) is 2.81. The fourth-order valence-corrected chi connectivity index (χ4v) is 2.08. The largest absolute Gasteiger partial charge is 0.487 e. The van der Waals surface area contributed by atoms with Gasteiger partial charge in [-0.3, -0.25) is 4.40 Å². The van der Waals surface area contributed by atoms with Gasteiger partial charge in [0.25, 0.3) is 0 Å². The SMILES string of the molecule is Nc1cccn2c(COc3cccc(Cl)c3)cnc12. The number of aromatic nitrogens is 2. The summed E-state index contributed by atoms with van der Waals surface area (Å²) in [6, 6.07) is 11.0. The van der Waals surface area contributed by atoms with Gasteiger partial charge < -0.3 is 10.5 Å². The molecule has 96 valence electrons. The van der Waals surface area contributed by atoms with Crippen LogP contribution in [-0.2, 0) is 6.61 Å². The van der Waals surface area contributed by atoms with Crippen molar-refractivity contribution in [1.82, 2.24) is 9.38 Å². The lowest BCUT2D eigenvalue weighted by molar-refractivity contribution is 0.300. The van der Waals surface area contributed by atoms with Gasteiger partial charge in [-0.05, 0) is 30.3 Å². The second-order valence-corrected chi connectivity index (χ2v) is 4.59. The molecule has 0 bridgehead atoms. The Bertz CT molecular complexity index is 724.